The average molecular weight is 256 g/mol. The first kappa shape index (κ1) is 13.1. The van der Waals surface area contributed by atoms with Crippen LogP contribution in [0.1, 0.15) is 25.2 Å². The lowest BCUT2D eigenvalue weighted by Crippen LogP contribution is -2.05. The molecule has 2 rings (SSSR count). The molecule has 0 unspecified atom stereocenters. The van der Waals surface area contributed by atoms with E-state index in [1.54, 1.807) is 6.08 Å². The summed E-state index contributed by atoms with van der Waals surface area (Å²) in [6, 6.07) is 9.13. The molecule has 0 fully saturated rings. The Labute approximate surface area is 111 Å². The summed E-state index contributed by atoms with van der Waals surface area (Å²) in [5.74, 6) is 1.36. The maximum Gasteiger partial charge on any atom is 0.251 e. The van der Waals surface area contributed by atoms with E-state index in [0.717, 1.165) is 11.3 Å². The normalized spacial score (nSPS) is 11.1. The molecule has 98 valence electrons. The molecule has 0 bridgehead atoms. The lowest BCUT2D eigenvalue weighted by atomic mass is 10.2. The summed E-state index contributed by atoms with van der Waals surface area (Å²) in [7, 11) is 0. The van der Waals surface area contributed by atoms with Crippen LogP contribution in [0.2, 0.25) is 0 Å². The first-order valence-electron chi connectivity index (χ1n) is 6.13. The molecule has 2 aromatic rings. The molecule has 0 aliphatic heterocycles. The highest BCUT2D eigenvalue weighted by Crippen LogP contribution is 2.16. The molecule has 0 aliphatic carbocycles. The van der Waals surface area contributed by atoms with E-state index in [-0.39, 0.29) is 11.7 Å². The van der Waals surface area contributed by atoms with Crippen LogP contribution >= 0.6 is 0 Å². The SMILES string of the molecule is CC(C)Oc1cccc(/C=C/c2nccc(=O)[nH]2)c1. The van der Waals surface area contributed by atoms with Gasteiger partial charge in [0.15, 0.2) is 0 Å². The molecule has 0 amide bonds. The van der Waals surface area contributed by atoms with E-state index in [1.165, 1.54) is 12.3 Å². The Bertz CT molecular complexity index is 630. The average Bonchev–Trinajstić information content (AvgIpc) is 2.36. The fourth-order valence-corrected chi connectivity index (χ4v) is 1.61. The second-order valence-corrected chi connectivity index (χ2v) is 4.39. The van der Waals surface area contributed by atoms with E-state index in [0.29, 0.717) is 5.82 Å². The number of H-pyrrole nitrogens is 1. The molecule has 0 saturated heterocycles. The molecule has 0 spiro atoms. The zero-order valence-electron chi connectivity index (χ0n) is 11.0. The van der Waals surface area contributed by atoms with Gasteiger partial charge in [0.25, 0.3) is 5.56 Å². The monoisotopic (exact) mass is 256 g/mol. The number of aromatic amines is 1. The molecule has 1 aromatic heterocycles. The summed E-state index contributed by atoms with van der Waals surface area (Å²) >= 11 is 0. The minimum Gasteiger partial charge on any atom is -0.491 e. The molecule has 19 heavy (non-hydrogen) atoms. The first-order valence-corrected chi connectivity index (χ1v) is 6.13. The Morgan fingerprint density at radius 2 is 2.11 bits per heavy atom. The number of nitrogens with one attached hydrogen (secondary N) is 1. The van der Waals surface area contributed by atoms with Crippen LogP contribution in [0, 0.1) is 0 Å². The van der Waals surface area contributed by atoms with E-state index in [9.17, 15) is 4.79 Å². The first-order chi connectivity index (χ1) is 9.13. The van der Waals surface area contributed by atoms with Crippen LogP contribution in [0.3, 0.4) is 0 Å². The van der Waals surface area contributed by atoms with Crippen molar-refractivity contribution in [3.05, 3.63) is 58.3 Å². The smallest absolute Gasteiger partial charge is 0.251 e. The quantitative estimate of drug-likeness (QED) is 0.915. The van der Waals surface area contributed by atoms with Gasteiger partial charge in [-0.05, 0) is 37.6 Å². The Morgan fingerprint density at radius 3 is 2.84 bits per heavy atom. The molecule has 1 N–H and O–H groups in total. The molecule has 4 nitrogen and oxygen atoms in total. The van der Waals surface area contributed by atoms with Crippen molar-refractivity contribution in [2.75, 3.05) is 0 Å². The third-order valence-electron chi connectivity index (χ3n) is 2.35. The van der Waals surface area contributed by atoms with Crippen LogP contribution in [0.15, 0.2) is 41.3 Å². The standard InChI is InChI=1S/C15H16N2O2/c1-11(2)19-13-5-3-4-12(10-13)6-7-14-16-9-8-15(18)17-14/h3-11H,1-2H3,(H,16,17,18)/b7-6+. The highest BCUT2D eigenvalue weighted by Gasteiger charge is 1.97. The van der Waals surface area contributed by atoms with Crippen LogP contribution in [-0.4, -0.2) is 16.1 Å². The van der Waals surface area contributed by atoms with Gasteiger partial charge >= 0.3 is 0 Å². The number of hydrogen-bond donors (Lipinski definition) is 1. The molecule has 1 heterocycles. The Hall–Kier alpha value is -2.36. The van der Waals surface area contributed by atoms with Crippen molar-refractivity contribution < 1.29 is 4.74 Å². The number of rotatable bonds is 4. The predicted molar refractivity (Wildman–Crippen MR) is 76.0 cm³/mol. The third-order valence-corrected chi connectivity index (χ3v) is 2.35. The van der Waals surface area contributed by atoms with Gasteiger partial charge in [-0.15, -0.1) is 0 Å². The highest BCUT2D eigenvalue weighted by atomic mass is 16.5. The molecule has 1 aromatic carbocycles. The minimum atomic E-state index is -0.161. The summed E-state index contributed by atoms with van der Waals surface area (Å²) in [5, 5.41) is 0. The van der Waals surface area contributed by atoms with Crippen molar-refractivity contribution in [2.24, 2.45) is 0 Å². The van der Waals surface area contributed by atoms with Crippen molar-refractivity contribution in [3.8, 4) is 5.75 Å². The maximum absolute atomic E-state index is 11.1. The van der Waals surface area contributed by atoms with Gasteiger partial charge in [-0.1, -0.05) is 18.2 Å². The van der Waals surface area contributed by atoms with E-state index in [4.69, 9.17) is 4.74 Å². The van der Waals surface area contributed by atoms with Crippen molar-refractivity contribution in [1.29, 1.82) is 0 Å². The van der Waals surface area contributed by atoms with E-state index in [2.05, 4.69) is 9.97 Å². The van der Waals surface area contributed by atoms with Gasteiger partial charge in [0.05, 0.1) is 6.10 Å². The zero-order valence-corrected chi connectivity index (χ0v) is 11.0. The zero-order chi connectivity index (χ0) is 13.7. The summed E-state index contributed by atoms with van der Waals surface area (Å²) in [6.07, 6.45) is 5.27. The largest absolute Gasteiger partial charge is 0.491 e. The van der Waals surface area contributed by atoms with Gasteiger partial charge in [-0.25, -0.2) is 4.98 Å². The number of benzene rings is 1. The molecule has 0 saturated carbocycles. The van der Waals surface area contributed by atoms with Gasteiger partial charge in [-0.3, -0.25) is 4.79 Å². The fraction of sp³-hybridized carbons (Fsp3) is 0.200. The Kier molecular flexibility index (Phi) is 4.13. The van der Waals surface area contributed by atoms with Crippen LogP contribution in [-0.2, 0) is 0 Å². The number of aromatic nitrogens is 2. The molecule has 0 atom stereocenters. The second kappa shape index (κ2) is 6.00. The number of ether oxygens (including phenoxy) is 1. The molecule has 0 aliphatic rings. The van der Waals surface area contributed by atoms with Crippen molar-refractivity contribution in [3.63, 3.8) is 0 Å². The van der Waals surface area contributed by atoms with E-state index >= 15 is 0 Å². The van der Waals surface area contributed by atoms with Crippen LogP contribution in [0.5, 0.6) is 5.75 Å². The maximum atomic E-state index is 11.1. The molecule has 4 heteroatoms. The van der Waals surface area contributed by atoms with Crippen molar-refractivity contribution in [1.82, 2.24) is 9.97 Å². The van der Waals surface area contributed by atoms with Crippen molar-refractivity contribution >= 4 is 12.2 Å². The predicted octanol–water partition coefficient (Wildman–Crippen LogP) is 2.73. The lowest BCUT2D eigenvalue weighted by Gasteiger charge is -2.09. The van der Waals surface area contributed by atoms with Gasteiger partial charge in [-0.2, -0.15) is 0 Å². The minimum absolute atomic E-state index is 0.145. The van der Waals surface area contributed by atoms with Gasteiger partial charge < -0.3 is 9.72 Å². The number of hydrogen-bond acceptors (Lipinski definition) is 3. The third kappa shape index (κ3) is 4.10. The summed E-state index contributed by atoms with van der Waals surface area (Å²) < 4.78 is 5.62. The van der Waals surface area contributed by atoms with Crippen LogP contribution in [0.25, 0.3) is 12.2 Å². The summed E-state index contributed by atoms with van der Waals surface area (Å²) in [4.78, 5) is 17.8. The highest BCUT2D eigenvalue weighted by molar-refractivity contribution is 5.67. The Morgan fingerprint density at radius 1 is 1.26 bits per heavy atom. The van der Waals surface area contributed by atoms with Crippen LogP contribution < -0.4 is 10.3 Å². The summed E-state index contributed by atoms with van der Waals surface area (Å²) in [5.41, 5.74) is 0.830. The van der Waals surface area contributed by atoms with E-state index < -0.39 is 0 Å². The Balaban J connectivity index is 2.16. The van der Waals surface area contributed by atoms with E-state index in [1.807, 2.05) is 44.2 Å². The molecular formula is C15H16N2O2. The van der Waals surface area contributed by atoms with Gasteiger partial charge in [0.1, 0.15) is 11.6 Å². The fourth-order valence-electron chi connectivity index (χ4n) is 1.61. The van der Waals surface area contributed by atoms with Crippen LogP contribution in [0.4, 0.5) is 0 Å². The molecular weight excluding hydrogens is 240 g/mol. The summed E-state index contributed by atoms with van der Waals surface area (Å²) in [6.45, 7) is 3.97. The lowest BCUT2D eigenvalue weighted by molar-refractivity contribution is 0.242. The van der Waals surface area contributed by atoms with Gasteiger partial charge in [0, 0.05) is 12.3 Å². The second-order valence-electron chi connectivity index (χ2n) is 4.39. The van der Waals surface area contributed by atoms with Gasteiger partial charge in [0.2, 0.25) is 0 Å². The topological polar surface area (TPSA) is 55.0 Å². The van der Waals surface area contributed by atoms with Crippen molar-refractivity contribution in [2.45, 2.75) is 20.0 Å². The molecule has 0 radical (unpaired) electrons. The number of nitrogens with zero attached hydrogens (tertiary/aromatic N) is 1.